The maximum Gasteiger partial charge on any atom is 0.248 e. The first-order chi connectivity index (χ1) is 12.5. The molecule has 2 saturated carbocycles. The van der Waals surface area contributed by atoms with Crippen LogP contribution in [0.1, 0.15) is 66.9 Å². The van der Waals surface area contributed by atoms with Crippen LogP contribution in [0.25, 0.3) is 0 Å². The van der Waals surface area contributed by atoms with Crippen molar-refractivity contribution in [3.8, 4) is 0 Å². The third-order valence-corrected chi connectivity index (χ3v) is 7.85. The molecule has 0 aromatic heterocycles. The van der Waals surface area contributed by atoms with Gasteiger partial charge in [-0.3, -0.25) is 14.5 Å². The van der Waals surface area contributed by atoms with Gasteiger partial charge in [0.2, 0.25) is 5.91 Å². The Morgan fingerprint density at radius 2 is 2.12 bits per heavy atom. The normalized spacial score (nSPS) is 34.7. The lowest BCUT2D eigenvalue weighted by Crippen LogP contribution is -2.63. The van der Waals surface area contributed by atoms with E-state index in [0.717, 1.165) is 38.1 Å². The van der Waals surface area contributed by atoms with Crippen LogP contribution >= 0.6 is 0 Å². The lowest BCUT2D eigenvalue weighted by Gasteiger charge is -2.60. The van der Waals surface area contributed by atoms with Gasteiger partial charge in [-0.05, 0) is 80.7 Å². The van der Waals surface area contributed by atoms with Crippen molar-refractivity contribution in [2.45, 2.75) is 69.4 Å². The number of likely N-dealkylation sites (tertiary alicyclic amines) is 1. The molecular formula is C22H28N2O2. The molecule has 3 aliphatic carbocycles. The van der Waals surface area contributed by atoms with Gasteiger partial charge in [-0.2, -0.15) is 0 Å². The monoisotopic (exact) mass is 352 g/mol. The van der Waals surface area contributed by atoms with Crippen molar-refractivity contribution >= 4 is 11.7 Å². The Morgan fingerprint density at radius 3 is 2.85 bits per heavy atom. The highest BCUT2D eigenvalue weighted by Crippen LogP contribution is 2.56. The predicted octanol–water partition coefficient (Wildman–Crippen LogP) is 2.82. The molecule has 5 rings (SSSR count). The van der Waals surface area contributed by atoms with Gasteiger partial charge in [0.1, 0.15) is 5.78 Å². The number of rotatable bonds is 3. The Kier molecular flexibility index (Phi) is 3.59. The summed E-state index contributed by atoms with van der Waals surface area (Å²) in [6.45, 7) is 3.48. The van der Waals surface area contributed by atoms with E-state index < -0.39 is 0 Å². The number of ketones is 1. The summed E-state index contributed by atoms with van der Waals surface area (Å²) in [6.07, 6.45) is 7.19. The minimum atomic E-state index is -0.371. The Bertz CT molecular complexity index is 784. The highest BCUT2D eigenvalue weighted by atomic mass is 16.1. The lowest BCUT2D eigenvalue weighted by molar-refractivity contribution is -0.128. The number of primary amides is 1. The molecule has 0 spiro atoms. The van der Waals surface area contributed by atoms with Crippen molar-refractivity contribution in [1.29, 1.82) is 0 Å². The molecule has 4 nitrogen and oxygen atoms in total. The number of Topliss-reactive ketones (excluding diaryl/α,β-unsaturated/α-hetero) is 1. The Balaban J connectivity index is 1.61. The van der Waals surface area contributed by atoms with Crippen molar-refractivity contribution in [2.75, 3.05) is 6.54 Å². The summed E-state index contributed by atoms with van der Waals surface area (Å²) >= 11 is 0. The number of hydrogen-bond donors (Lipinski definition) is 1. The summed E-state index contributed by atoms with van der Waals surface area (Å²) in [5.74, 6) is 1.42. The average Bonchev–Trinajstić information content (AvgIpc) is 3.45. The number of benzene rings is 1. The van der Waals surface area contributed by atoms with Crippen molar-refractivity contribution in [1.82, 2.24) is 4.90 Å². The molecule has 4 atom stereocenters. The first-order valence-electron chi connectivity index (χ1n) is 10.2. The second-order valence-corrected chi connectivity index (χ2v) is 9.09. The molecule has 4 heteroatoms. The minimum Gasteiger partial charge on any atom is -0.366 e. The number of piperidine rings is 1. The standard InChI is InChI=1S/C22H28N2O2/c1-13(14-2-3-14)24-9-8-22-12-17(25)6-7-18(22)20(24)11-15-4-5-16(21(23)26)10-19(15)22/h4-5,10,13-14,18,20H,2-3,6-9,11-12H2,1H3,(H2,23,26)/t13?,18?,20?,22-/m1/s1. The van der Waals surface area contributed by atoms with Gasteiger partial charge in [0.15, 0.2) is 0 Å². The van der Waals surface area contributed by atoms with Crippen molar-refractivity contribution in [3.05, 3.63) is 34.9 Å². The number of nitrogens with zero attached hydrogens (tertiary/aromatic N) is 1. The third kappa shape index (κ3) is 2.31. The summed E-state index contributed by atoms with van der Waals surface area (Å²) < 4.78 is 0. The number of nitrogens with two attached hydrogens (primary N) is 1. The lowest BCUT2D eigenvalue weighted by atomic mass is 9.52. The number of amides is 1. The molecule has 1 aromatic rings. The second-order valence-electron chi connectivity index (χ2n) is 9.09. The Hall–Kier alpha value is -1.68. The molecule has 3 unspecified atom stereocenters. The maximum atomic E-state index is 12.5. The molecular weight excluding hydrogens is 324 g/mol. The molecule has 1 aromatic carbocycles. The number of carbonyl (C=O) groups is 2. The molecule has 2 N–H and O–H groups in total. The van der Waals surface area contributed by atoms with Crippen molar-refractivity contribution < 1.29 is 9.59 Å². The summed E-state index contributed by atoms with van der Waals surface area (Å²) in [6, 6.07) is 7.18. The predicted molar refractivity (Wildman–Crippen MR) is 100.0 cm³/mol. The average molecular weight is 352 g/mol. The van der Waals surface area contributed by atoms with Gasteiger partial charge in [0.25, 0.3) is 0 Å². The van der Waals surface area contributed by atoms with Gasteiger partial charge >= 0.3 is 0 Å². The molecule has 1 aliphatic heterocycles. The first-order valence-corrected chi connectivity index (χ1v) is 10.2. The van der Waals surface area contributed by atoms with E-state index in [1.54, 1.807) is 0 Å². The summed E-state index contributed by atoms with van der Waals surface area (Å²) in [4.78, 5) is 27.0. The zero-order chi connectivity index (χ0) is 18.1. The number of fused-ring (bicyclic) bond motifs is 1. The van der Waals surface area contributed by atoms with Crippen LogP contribution in [0.2, 0.25) is 0 Å². The first kappa shape index (κ1) is 16.5. The summed E-state index contributed by atoms with van der Waals surface area (Å²) in [5.41, 5.74) is 8.65. The molecule has 1 saturated heterocycles. The zero-order valence-electron chi connectivity index (χ0n) is 15.5. The van der Waals surface area contributed by atoms with Crippen LogP contribution in [0.5, 0.6) is 0 Å². The van der Waals surface area contributed by atoms with Gasteiger partial charge in [0, 0.05) is 35.9 Å². The summed E-state index contributed by atoms with van der Waals surface area (Å²) in [5, 5.41) is 0. The van der Waals surface area contributed by atoms with E-state index in [1.165, 1.54) is 24.0 Å². The van der Waals surface area contributed by atoms with Gasteiger partial charge in [-0.25, -0.2) is 0 Å². The fourth-order valence-corrected chi connectivity index (χ4v) is 6.36. The van der Waals surface area contributed by atoms with E-state index in [2.05, 4.69) is 17.9 Å². The van der Waals surface area contributed by atoms with Crippen LogP contribution in [0.3, 0.4) is 0 Å². The molecule has 1 amide bonds. The smallest absolute Gasteiger partial charge is 0.248 e. The molecule has 26 heavy (non-hydrogen) atoms. The molecule has 2 bridgehead atoms. The molecule has 138 valence electrons. The van der Waals surface area contributed by atoms with Crippen molar-refractivity contribution in [3.63, 3.8) is 0 Å². The Labute approximate surface area is 155 Å². The fourth-order valence-electron chi connectivity index (χ4n) is 6.36. The molecule has 1 heterocycles. The quantitative estimate of drug-likeness (QED) is 0.910. The van der Waals surface area contributed by atoms with Crippen LogP contribution < -0.4 is 5.73 Å². The largest absolute Gasteiger partial charge is 0.366 e. The van der Waals surface area contributed by atoms with E-state index in [4.69, 9.17) is 5.73 Å². The van der Waals surface area contributed by atoms with E-state index in [0.29, 0.717) is 35.8 Å². The van der Waals surface area contributed by atoms with Crippen LogP contribution in [0, 0.1) is 11.8 Å². The highest BCUT2D eigenvalue weighted by molar-refractivity contribution is 5.93. The van der Waals surface area contributed by atoms with E-state index in [-0.39, 0.29) is 11.3 Å². The fraction of sp³-hybridized carbons (Fsp3) is 0.636. The molecule has 3 fully saturated rings. The van der Waals surface area contributed by atoms with E-state index in [9.17, 15) is 9.59 Å². The van der Waals surface area contributed by atoms with Crippen LogP contribution in [0.4, 0.5) is 0 Å². The zero-order valence-corrected chi connectivity index (χ0v) is 15.5. The molecule has 4 aliphatic rings. The van der Waals surface area contributed by atoms with E-state index in [1.807, 2.05) is 12.1 Å². The van der Waals surface area contributed by atoms with Crippen molar-refractivity contribution in [2.24, 2.45) is 17.6 Å². The minimum absolute atomic E-state index is 0.0706. The van der Waals surface area contributed by atoms with Gasteiger partial charge in [-0.15, -0.1) is 0 Å². The van der Waals surface area contributed by atoms with Crippen LogP contribution in [0.15, 0.2) is 18.2 Å². The third-order valence-electron chi connectivity index (χ3n) is 7.85. The second kappa shape index (κ2) is 5.66. The summed E-state index contributed by atoms with van der Waals surface area (Å²) in [7, 11) is 0. The SMILES string of the molecule is CC(C1CC1)N1CC[C@@]23CC(=O)CCC2C1Cc1ccc(C(N)=O)cc13. The van der Waals surface area contributed by atoms with Crippen LogP contribution in [-0.2, 0) is 16.6 Å². The number of carbonyl (C=O) groups excluding carboxylic acids is 2. The van der Waals surface area contributed by atoms with Gasteiger partial charge in [0.05, 0.1) is 0 Å². The van der Waals surface area contributed by atoms with Crippen LogP contribution in [-0.4, -0.2) is 35.2 Å². The highest BCUT2D eigenvalue weighted by Gasteiger charge is 2.56. The maximum absolute atomic E-state index is 12.5. The van der Waals surface area contributed by atoms with E-state index >= 15 is 0 Å². The molecule has 0 radical (unpaired) electrons. The number of hydrogen-bond acceptors (Lipinski definition) is 3. The topological polar surface area (TPSA) is 63.4 Å². The van der Waals surface area contributed by atoms with Gasteiger partial charge in [-0.1, -0.05) is 6.07 Å². The Morgan fingerprint density at radius 1 is 1.31 bits per heavy atom. The van der Waals surface area contributed by atoms with Gasteiger partial charge < -0.3 is 5.73 Å².